The lowest BCUT2D eigenvalue weighted by atomic mass is 10.1. The highest BCUT2D eigenvalue weighted by Crippen LogP contribution is 2.26. The molecule has 24 heavy (non-hydrogen) atoms. The molecular formula is C19H22FN3O. The highest BCUT2D eigenvalue weighted by Gasteiger charge is 2.16. The summed E-state index contributed by atoms with van der Waals surface area (Å²) in [5.41, 5.74) is 2.71. The number of benzene rings is 2. The maximum absolute atomic E-state index is 14.4. The van der Waals surface area contributed by atoms with Gasteiger partial charge < -0.3 is 20.8 Å². The van der Waals surface area contributed by atoms with E-state index in [-0.39, 0.29) is 12.0 Å². The van der Waals surface area contributed by atoms with Crippen LogP contribution in [0.5, 0.6) is 0 Å². The Labute approximate surface area is 141 Å². The first-order valence-electron chi connectivity index (χ1n) is 8.26. The molecule has 0 aromatic heterocycles. The van der Waals surface area contributed by atoms with Crippen LogP contribution in [0.2, 0.25) is 0 Å². The van der Waals surface area contributed by atoms with Gasteiger partial charge in [-0.2, -0.15) is 0 Å². The van der Waals surface area contributed by atoms with Gasteiger partial charge in [0.2, 0.25) is 0 Å². The Balaban J connectivity index is 1.73. The minimum absolute atomic E-state index is 0.111. The standard InChI is InChI=1S/C19H22FN3O/c20-16-11-17(23-19-8-4-5-9-24-19)15(12-21)10-18(16)22-13-14-6-2-1-3-7-14/h1-3,6-7,10-12,19,21-23H,4-5,8-9,13H2. The Kier molecular flexibility index (Phi) is 5.43. The molecule has 1 aliphatic heterocycles. The molecule has 1 unspecified atom stereocenters. The molecule has 1 fully saturated rings. The van der Waals surface area contributed by atoms with Gasteiger partial charge in [0.15, 0.2) is 0 Å². The fraction of sp³-hybridized carbons (Fsp3) is 0.316. The van der Waals surface area contributed by atoms with Crippen molar-refractivity contribution >= 4 is 17.6 Å². The summed E-state index contributed by atoms with van der Waals surface area (Å²) in [5.74, 6) is -0.338. The van der Waals surface area contributed by atoms with Crippen molar-refractivity contribution in [1.82, 2.24) is 0 Å². The van der Waals surface area contributed by atoms with Crippen LogP contribution in [0, 0.1) is 11.2 Å². The summed E-state index contributed by atoms with van der Waals surface area (Å²) in [4.78, 5) is 0. The number of anilines is 2. The smallest absolute Gasteiger partial charge is 0.148 e. The molecule has 0 radical (unpaired) electrons. The Morgan fingerprint density at radius 3 is 2.71 bits per heavy atom. The van der Waals surface area contributed by atoms with E-state index in [1.54, 1.807) is 6.07 Å². The van der Waals surface area contributed by atoms with Gasteiger partial charge in [-0.1, -0.05) is 30.3 Å². The molecular weight excluding hydrogens is 305 g/mol. The van der Waals surface area contributed by atoms with Crippen molar-refractivity contribution in [2.75, 3.05) is 17.2 Å². The molecule has 0 aliphatic carbocycles. The Bertz CT molecular complexity index is 685. The zero-order valence-corrected chi connectivity index (χ0v) is 13.5. The first-order valence-corrected chi connectivity index (χ1v) is 8.26. The number of hydrogen-bond donors (Lipinski definition) is 3. The zero-order chi connectivity index (χ0) is 16.8. The molecule has 2 aromatic rings. The summed E-state index contributed by atoms with van der Waals surface area (Å²) >= 11 is 0. The summed E-state index contributed by atoms with van der Waals surface area (Å²) in [6, 6.07) is 12.9. The highest BCUT2D eigenvalue weighted by molar-refractivity contribution is 5.87. The van der Waals surface area contributed by atoms with Gasteiger partial charge in [0.05, 0.1) is 5.69 Å². The first-order chi connectivity index (χ1) is 11.8. The van der Waals surface area contributed by atoms with Crippen LogP contribution in [0.3, 0.4) is 0 Å². The third-order valence-electron chi connectivity index (χ3n) is 4.12. The monoisotopic (exact) mass is 327 g/mol. The van der Waals surface area contributed by atoms with Gasteiger partial charge in [0.25, 0.3) is 0 Å². The molecule has 2 aromatic carbocycles. The number of nitrogens with one attached hydrogen (secondary N) is 3. The Morgan fingerprint density at radius 2 is 2.00 bits per heavy atom. The Morgan fingerprint density at radius 1 is 1.17 bits per heavy atom. The lowest BCUT2D eigenvalue weighted by Gasteiger charge is -2.25. The zero-order valence-electron chi connectivity index (χ0n) is 13.5. The lowest BCUT2D eigenvalue weighted by Crippen LogP contribution is -2.27. The van der Waals surface area contributed by atoms with Crippen molar-refractivity contribution in [2.24, 2.45) is 0 Å². The molecule has 5 heteroatoms. The second kappa shape index (κ2) is 7.93. The van der Waals surface area contributed by atoms with Crippen molar-refractivity contribution in [3.8, 4) is 0 Å². The first kappa shape index (κ1) is 16.5. The van der Waals surface area contributed by atoms with E-state index in [0.29, 0.717) is 23.5 Å². The van der Waals surface area contributed by atoms with Gasteiger partial charge in [-0.25, -0.2) is 4.39 Å². The second-order valence-electron chi connectivity index (χ2n) is 5.90. The van der Waals surface area contributed by atoms with Gasteiger partial charge in [-0.3, -0.25) is 0 Å². The van der Waals surface area contributed by atoms with Crippen molar-refractivity contribution in [3.63, 3.8) is 0 Å². The van der Waals surface area contributed by atoms with Crippen molar-refractivity contribution in [3.05, 3.63) is 59.4 Å². The molecule has 0 amide bonds. The van der Waals surface area contributed by atoms with Crippen LogP contribution in [0.25, 0.3) is 0 Å². The van der Waals surface area contributed by atoms with E-state index >= 15 is 0 Å². The number of halogens is 1. The average Bonchev–Trinajstić information content (AvgIpc) is 2.63. The molecule has 1 heterocycles. The summed E-state index contributed by atoms with van der Waals surface area (Å²) in [5, 5.41) is 13.9. The fourth-order valence-corrected chi connectivity index (χ4v) is 2.79. The van der Waals surface area contributed by atoms with Crippen LogP contribution in [0.15, 0.2) is 42.5 Å². The topological polar surface area (TPSA) is 57.1 Å². The average molecular weight is 327 g/mol. The fourth-order valence-electron chi connectivity index (χ4n) is 2.79. The van der Waals surface area contributed by atoms with Crippen LogP contribution < -0.4 is 10.6 Å². The summed E-state index contributed by atoms with van der Waals surface area (Å²) < 4.78 is 20.0. The van der Waals surface area contributed by atoms with E-state index in [1.807, 2.05) is 30.3 Å². The van der Waals surface area contributed by atoms with Crippen LogP contribution in [-0.4, -0.2) is 19.0 Å². The maximum atomic E-state index is 14.4. The number of hydrogen-bond acceptors (Lipinski definition) is 4. The SMILES string of the molecule is N=Cc1cc(NCc2ccccc2)c(F)cc1NC1CCCCO1. The van der Waals surface area contributed by atoms with Gasteiger partial charge in [-0.05, 0) is 37.0 Å². The quantitative estimate of drug-likeness (QED) is 0.690. The largest absolute Gasteiger partial charge is 0.379 e. The second-order valence-corrected chi connectivity index (χ2v) is 5.90. The maximum Gasteiger partial charge on any atom is 0.148 e. The van der Waals surface area contributed by atoms with E-state index in [4.69, 9.17) is 10.1 Å². The van der Waals surface area contributed by atoms with Gasteiger partial charge in [0, 0.05) is 30.6 Å². The van der Waals surface area contributed by atoms with E-state index in [1.165, 1.54) is 12.3 Å². The molecule has 126 valence electrons. The van der Waals surface area contributed by atoms with E-state index in [2.05, 4.69) is 10.6 Å². The molecule has 0 bridgehead atoms. The summed E-state index contributed by atoms with van der Waals surface area (Å²) in [7, 11) is 0. The van der Waals surface area contributed by atoms with Crippen LogP contribution in [0.1, 0.15) is 30.4 Å². The summed E-state index contributed by atoms with van der Waals surface area (Å²) in [6.07, 6.45) is 4.18. The van der Waals surface area contributed by atoms with Crippen LogP contribution in [-0.2, 0) is 11.3 Å². The predicted molar refractivity (Wildman–Crippen MR) is 95.3 cm³/mol. The van der Waals surface area contributed by atoms with E-state index in [0.717, 1.165) is 31.4 Å². The Hall–Kier alpha value is -2.40. The summed E-state index contributed by atoms with van der Waals surface area (Å²) in [6.45, 7) is 1.25. The molecule has 1 saturated heterocycles. The molecule has 3 N–H and O–H groups in total. The molecule has 1 atom stereocenters. The van der Waals surface area contributed by atoms with Crippen molar-refractivity contribution < 1.29 is 9.13 Å². The van der Waals surface area contributed by atoms with Gasteiger partial charge >= 0.3 is 0 Å². The van der Waals surface area contributed by atoms with Gasteiger partial charge in [0.1, 0.15) is 12.0 Å². The van der Waals surface area contributed by atoms with Crippen LogP contribution >= 0.6 is 0 Å². The molecule has 4 nitrogen and oxygen atoms in total. The van der Waals surface area contributed by atoms with Crippen molar-refractivity contribution in [2.45, 2.75) is 32.0 Å². The minimum atomic E-state index is -0.338. The van der Waals surface area contributed by atoms with E-state index < -0.39 is 0 Å². The minimum Gasteiger partial charge on any atom is -0.379 e. The number of rotatable bonds is 6. The number of ether oxygens (including phenoxy) is 1. The molecule has 0 saturated carbocycles. The third-order valence-corrected chi connectivity index (χ3v) is 4.12. The normalized spacial score (nSPS) is 17.3. The van der Waals surface area contributed by atoms with Crippen molar-refractivity contribution in [1.29, 1.82) is 5.41 Å². The third kappa shape index (κ3) is 4.11. The molecule has 1 aliphatic rings. The predicted octanol–water partition coefficient (Wildman–Crippen LogP) is 4.37. The molecule has 0 spiro atoms. The van der Waals surface area contributed by atoms with Gasteiger partial charge in [-0.15, -0.1) is 0 Å². The lowest BCUT2D eigenvalue weighted by molar-refractivity contribution is 0.0343. The van der Waals surface area contributed by atoms with E-state index in [9.17, 15) is 4.39 Å². The highest BCUT2D eigenvalue weighted by atomic mass is 19.1. The molecule has 3 rings (SSSR count). The van der Waals surface area contributed by atoms with Crippen LogP contribution in [0.4, 0.5) is 15.8 Å².